The first-order chi connectivity index (χ1) is 8.13. The zero-order valence-corrected chi connectivity index (χ0v) is 10.4. The van der Waals surface area contributed by atoms with Crippen LogP contribution in [0, 0.1) is 0 Å². The first-order valence-corrected chi connectivity index (χ1v) is 5.85. The molecule has 0 aliphatic rings. The van der Waals surface area contributed by atoms with E-state index in [9.17, 15) is 5.11 Å². The van der Waals surface area contributed by atoms with Crippen molar-refractivity contribution in [2.75, 3.05) is 13.7 Å². The Morgan fingerprint density at radius 2 is 2.12 bits per heavy atom. The molecule has 0 amide bonds. The van der Waals surface area contributed by atoms with Gasteiger partial charge in [-0.15, -0.1) is 0 Å². The van der Waals surface area contributed by atoms with Crippen LogP contribution in [0.25, 0.3) is 0 Å². The summed E-state index contributed by atoms with van der Waals surface area (Å²) >= 11 is 0. The molecule has 0 bridgehead atoms. The third kappa shape index (κ3) is 3.43. The molecule has 0 saturated carbocycles. The summed E-state index contributed by atoms with van der Waals surface area (Å²) in [6.07, 6.45) is 0.434. The minimum atomic E-state index is -0.816. The second-order valence-corrected chi connectivity index (χ2v) is 4.05. The maximum atomic E-state index is 10.1. The van der Waals surface area contributed by atoms with Gasteiger partial charge in [0.25, 0.3) is 0 Å². The maximum absolute atomic E-state index is 10.1. The summed E-state index contributed by atoms with van der Waals surface area (Å²) in [7, 11) is 1.56. The zero-order chi connectivity index (χ0) is 12.8. The zero-order valence-electron chi connectivity index (χ0n) is 10.4. The molecule has 0 aliphatic carbocycles. The highest BCUT2D eigenvalue weighted by atomic mass is 16.5. The van der Waals surface area contributed by atoms with Crippen molar-refractivity contribution >= 4 is 0 Å². The summed E-state index contributed by atoms with van der Waals surface area (Å²) in [4.78, 5) is 0. The molecule has 2 unspecified atom stereocenters. The van der Waals surface area contributed by atoms with Crippen molar-refractivity contribution in [1.29, 1.82) is 0 Å². The minimum absolute atomic E-state index is 0.0337. The van der Waals surface area contributed by atoms with Gasteiger partial charge < -0.3 is 20.7 Å². The molecule has 0 aliphatic heterocycles. The van der Waals surface area contributed by atoms with Crippen molar-refractivity contribution in [2.24, 2.45) is 5.73 Å². The van der Waals surface area contributed by atoms with E-state index in [-0.39, 0.29) is 6.61 Å². The number of aliphatic hydroxyl groups excluding tert-OH is 2. The molecule has 4 nitrogen and oxygen atoms in total. The van der Waals surface area contributed by atoms with Crippen LogP contribution in [-0.4, -0.2) is 30.0 Å². The minimum Gasteiger partial charge on any atom is -0.496 e. The molecule has 0 heterocycles. The Labute approximate surface area is 102 Å². The lowest BCUT2D eigenvalue weighted by Gasteiger charge is -2.21. The number of aliphatic hydroxyl groups is 2. The fraction of sp³-hybridized carbons (Fsp3) is 0.538. The molecule has 2 atom stereocenters. The highest BCUT2D eigenvalue weighted by Gasteiger charge is 2.20. The van der Waals surface area contributed by atoms with E-state index in [2.05, 4.69) is 0 Å². The van der Waals surface area contributed by atoms with Crippen LogP contribution in [0.15, 0.2) is 18.2 Å². The van der Waals surface area contributed by atoms with Crippen molar-refractivity contribution < 1.29 is 14.9 Å². The van der Waals surface area contributed by atoms with Gasteiger partial charge in [0.2, 0.25) is 0 Å². The van der Waals surface area contributed by atoms with E-state index in [1.54, 1.807) is 7.11 Å². The van der Waals surface area contributed by atoms with Gasteiger partial charge in [-0.1, -0.05) is 13.0 Å². The van der Waals surface area contributed by atoms with Crippen molar-refractivity contribution in [3.8, 4) is 5.75 Å². The quantitative estimate of drug-likeness (QED) is 0.692. The van der Waals surface area contributed by atoms with Crippen LogP contribution >= 0.6 is 0 Å². The molecule has 96 valence electrons. The number of methoxy groups -OCH3 is 1. The van der Waals surface area contributed by atoms with Crippen molar-refractivity contribution in [3.63, 3.8) is 0 Å². The van der Waals surface area contributed by atoms with E-state index in [0.717, 1.165) is 12.0 Å². The average molecular weight is 239 g/mol. The third-order valence-corrected chi connectivity index (χ3v) is 2.89. The fourth-order valence-corrected chi connectivity index (χ4v) is 1.77. The number of rotatable bonds is 6. The summed E-state index contributed by atoms with van der Waals surface area (Å²) < 4.78 is 5.22. The van der Waals surface area contributed by atoms with Crippen LogP contribution in [0.4, 0.5) is 0 Å². The van der Waals surface area contributed by atoms with Gasteiger partial charge >= 0.3 is 0 Å². The first-order valence-electron chi connectivity index (χ1n) is 5.85. The molecule has 0 fully saturated rings. The lowest BCUT2D eigenvalue weighted by molar-refractivity contribution is 0.126. The van der Waals surface area contributed by atoms with Crippen LogP contribution in [0.2, 0.25) is 0 Å². The van der Waals surface area contributed by atoms with Crippen molar-refractivity contribution in [1.82, 2.24) is 0 Å². The highest BCUT2D eigenvalue weighted by Crippen LogP contribution is 2.28. The van der Waals surface area contributed by atoms with Crippen LogP contribution < -0.4 is 10.5 Å². The van der Waals surface area contributed by atoms with Gasteiger partial charge in [-0.2, -0.15) is 0 Å². The predicted molar refractivity (Wildman–Crippen MR) is 67.0 cm³/mol. The molecule has 4 heteroatoms. The Hall–Kier alpha value is -1.10. The molecular weight excluding hydrogens is 218 g/mol. The maximum Gasteiger partial charge on any atom is 0.124 e. The second kappa shape index (κ2) is 6.59. The van der Waals surface area contributed by atoms with E-state index in [0.29, 0.717) is 17.7 Å². The van der Waals surface area contributed by atoms with Gasteiger partial charge in [0.05, 0.1) is 13.2 Å². The number of aryl methyl sites for hydroxylation is 1. The normalized spacial score (nSPS) is 14.4. The monoisotopic (exact) mass is 239 g/mol. The summed E-state index contributed by atoms with van der Waals surface area (Å²) in [6.45, 7) is 2.01. The molecule has 0 aromatic heterocycles. The second-order valence-electron chi connectivity index (χ2n) is 4.05. The lowest BCUT2D eigenvalue weighted by atomic mass is 9.97. The first kappa shape index (κ1) is 14.0. The molecule has 0 saturated heterocycles. The lowest BCUT2D eigenvalue weighted by Crippen LogP contribution is -2.29. The molecule has 4 N–H and O–H groups in total. The number of nitrogens with two attached hydrogens (primary N) is 1. The summed E-state index contributed by atoms with van der Waals surface area (Å²) in [5.74, 6) is 0.628. The molecular formula is C13H21NO3. The molecule has 0 radical (unpaired) electrons. The van der Waals surface area contributed by atoms with Crippen LogP contribution in [-0.2, 0) is 6.42 Å². The average Bonchev–Trinajstić information content (AvgIpc) is 2.37. The van der Waals surface area contributed by atoms with E-state index in [1.807, 2.05) is 25.1 Å². The topological polar surface area (TPSA) is 75.7 Å². The molecule has 17 heavy (non-hydrogen) atoms. The number of hydrogen-bond acceptors (Lipinski definition) is 4. The molecule has 1 aromatic carbocycles. The van der Waals surface area contributed by atoms with E-state index >= 15 is 0 Å². The predicted octanol–water partition coefficient (Wildman–Crippen LogP) is 1.00. The Balaban J connectivity index is 3.00. The van der Waals surface area contributed by atoms with Crippen molar-refractivity contribution in [3.05, 3.63) is 29.3 Å². The van der Waals surface area contributed by atoms with E-state index < -0.39 is 12.1 Å². The van der Waals surface area contributed by atoms with Gasteiger partial charge in [0.1, 0.15) is 5.75 Å². The van der Waals surface area contributed by atoms with Gasteiger partial charge in [-0.05, 0) is 30.5 Å². The number of benzene rings is 1. The van der Waals surface area contributed by atoms with E-state index in [4.69, 9.17) is 15.6 Å². The smallest absolute Gasteiger partial charge is 0.124 e. The summed E-state index contributed by atoms with van der Waals surface area (Å²) in [5.41, 5.74) is 7.62. The number of ether oxygens (including phenoxy) is 1. The van der Waals surface area contributed by atoms with Gasteiger partial charge in [-0.3, -0.25) is 0 Å². The molecule has 1 rings (SSSR count). The highest BCUT2D eigenvalue weighted by molar-refractivity contribution is 5.39. The third-order valence-electron chi connectivity index (χ3n) is 2.89. The SMILES string of the molecule is CCc1ccc(OC)c(C(O)C(N)CCO)c1. The largest absolute Gasteiger partial charge is 0.496 e. The van der Waals surface area contributed by atoms with Crippen LogP contribution in [0.3, 0.4) is 0 Å². The van der Waals surface area contributed by atoms with Gasteiger partial charge in [0, 0.05) is 18.2 Å². The van der Waals surface area contributed by atoms with Gasteiger partial charge in [0.15, 0.2) is 0 Å². The van der Waals surface area contributed by atoms with Crippen molar-refractivity contribution in [2.45, 2.75) is 31.9 Å². The Bertz CT molecular complexity index is 355. The number of hydrogen-bond donors (Lipinski definition) is 3. The van der Waals surface area contributed by atoms with Gasteiger partial charge in [-0.25, -0.2) is 0 Å². The Morgan fingerprint density at radius 1 is 1.41 bits per heavy atom. The summed E-state index contributed by atoms with van der Waals surface area (Å²) in [6, 6.07) is 5.22. The van der Waals surface area contributed by atoms with Crippen LogP contribution in [0.1, 0.15) is 30.6 Å². The van der Waals surface area contributed by atoms with Crippen LogP contribution in [0.5, 0.6) is 5.75 Å². The molecule has 1 aromatic rings. The Morgan fingerprint density at radius 3 is 2.65 bits per heavy atom. The molecule has 0 spiro atoms. The Kier molecular flexibility index (Phi) is 5.41. The fourth-order valence-electron chi connectivity index (χ4n) is 1.77. The standard InChI is InChI=1S/C13H21NO3/c1-3-9-4-5-12(17-2)10(8-9)13(16)11(14)6-7-15/h4-5,8,11,13,15-16H,3,6-7,14H2,1-2H3. The van der Waals surface area contributed by atoms with E-state index in [1.165, 1.54) is 0 Å². The summed E-state index contributed by atoms with van der Waals surface area (Å²) in [5, 5.41) is 19.0.